The number of methoxy groups -OCH3 is 2. The standard InChI is InChI=1S/C21H21N3O5/c1-12(25)14-6-9-16-21(11-22,20(27)29-3)17(18(19(23)26)24(16)10-14)13-4-7-15(28-2)8-5-13/h4-10,16-18H,1-3H3,(H2,23,26). The molecule has 3 rings (SSSR count). The lowest BCUT2D eigenvalue weighted by atomic mass is 9.68. The molecule has 0 spiro atoms. The van der Waals surface area contributed by atoms with E-state index in [1.807, 2.05) is 0 Å². The smallest absolute Gasteiger partial charge is 0.329 e. The van der Waals surface area contributed by atoms with Gasteiger partial charge in [-0.05, 0) is 24.6 Å². The summed E-state index contributed by atoms with van der Waals surface area (Å²) >= 11 is 0. The van der Waals surface area contributed by atoms with Gasteiger partial charge in [0.1, 0.15) is 11.8 Å². The fraction of sp³-hybridized carbons (Fsp3) is 0.333. The van der Waals surface area contributed by atoms with E-state index in [0.29, 0.717) is 16.9 Å². The molecule has 4 atom stereocenters. The molecule has 1 saturated heterocycles. The highest BCUT2D eigenvalue weighted by Crippen LogP contribution is 2.53. The van der Waals surface area contributed by atoms with E-state index >= 15 is 0 Å². The van der Waals surface area contributed by atoms with Crippen LogP contribution < -0.4 is 10.5 Å². The zero-order chi connectivity index (χ0) is 21.3. The summed E-state index contributed by atoms with van der Waals surface area (Å²) in [5.41, 5.74) is 4.89. The van der Waals surface area contributed by atoms with Crippen molar-refractivity contribution in [3.8, 4) is 11.8 Å². The van der Waals surface area contributed by atoms with Gasteiger partial charge in [0, 0.05) is 17.7 Å². The van der Waals surface area contributed by atoms with Crippen molar-refractivity contribution < 1.29 is 23.9 Å². The molecule has 1 aromatic carbocycles. The van der Waals surface area contributed by atoms with Gasteiger partial charge in [0.2, 0.25) is 5.91 Å². The number of fused-ring (bicyclic) bond motifs is 1. The Morgan fingerprint density at radius 3 is 2.34 bits per heavy atom. The summed E-state index contributed by atoms with van der Waals surface area (Å²) in [4.78, 5) is 38.8. The van der Waals surface area contributed by atoms with E-state index in [1.54, 1.807) is 36.4 Å². The van der Waals surface area contributed by atoms with Crippen molar-refractivity contribution in [2.45, 2.75) is 24.9 Å². The molecule has 2 heterocycles. The molecule has 150 valence electrons. The van der Waals surface area contributed by atoms with Crippen LogP contribution in [0.15, 0.2) is 48.2 Å². The van der Waals surface area contributed by atoms with Crippen LogP contribution in [0.25, 0.3) is 0 Å². The second-order valence-corrected chi connectivity index (χ2v) is 6.96. The minimum absolute atomic E-state index is 0.212. The number of primary amides is 1. The van der Waals surface area contributed by atoms with Crippen molar-refractivity contribution in [1.82, 2.24) is 4.90 Å². The van der Waals surface area contributed by atoms with Crippen LogP contribution in [0.1, 0.15) is 18.4 Å². The zero-order valence-corrected chi connectivity index (χ0v) is 16.3. The Morgan fingerprint density at radius 1 is 1.21 bits per heavy atom. The Morgan fingerprint density at radius 2 is 1.86 bits per heavy atom. The van der Waals surface area contributed by atoms with Crippen LogP contribution in [0.3, 0.4) is 0 Å². The molecule has 0 bridgehead atoms. The van der Waals surface area contributed by atoms with Gasteiger partial charge in [-0.15, -0.1) is 0 Å². The number of hydrogen-bond donors (Lipinski definition) is 1. The van der Waals surface area contributed by atoms with E-state index in [1.165, 1.54) is 32.2 Å². The largest absolute Gasteiger partial charge is 0.497 e. The lowest BCUT2D eigenvalue weighted by molar-refractivity contribution is -0.150. The number of esters is 1. The van der Waals surface area contributed by atoms with E-state index in [4.69, 9.17) is 15.2 Å². The van der Waals surface area contributed by atoms with Gasteiger partial charge in [-0.3, -0.25) is 14.4 Å². The van der Waals surface area contributed by atoms with Gasteiger partial charge in [0.25, 0.3) is 0 Å². The van der Waals surface area contributed by atoms with E-state index in [2.05, 4.69) is 6.07 Å². The molecule has 1 amide bonds. The number of rotatable bonds is 5. The number of benzene rings is 1. The number of nitrogens with two attached hydrogens (primary N) is 1. The Kier molecular flexibility index (Phi) is 5.16. The van der Waals surface area contributed by atoms with E-state index < -0.39 is 35.3 Å². The van der Waals surface area contributed by atoms with Gasteiger partial charge in [-0.25, -0.2) is 0 Å². The number of nitrogens with zero attached hydrogens (tertiary/aromatic N) is 2. The Hall–Kier alpha value is -3.60. The highest BCUT2D eigenvalue weighted by molar-refractivity contribution is 5.97. The first-order valence-electron chi connectivity index (χ1n) is 8.93. The summed E-state index contributed by atoms with van der Waals surface area (Å²) in [7, 11) is 2.71. The molecule has 0 saturated carbocycles. The van der Waals surface area contributed by atoms with Crippen LogP contribution >= 0.6 is 0 Å². The lowest BCUT2D eigenvalue weighted by Crippen LogP contribution is -2.45. The molecule has 2 N–H and O–H groups in total. The minimum Gasteiger partial charge on any atom is -0.497 e. The second kappa shape index (κ2) is 7.43. The quantitative estimate of drug-likeness (QED) is 0.739. The molecule has 1 aromatic rings. The number of hydrogen-bond acceptors (Lipinski definition) is 7. The van der Waals surface area contributed by atoms with Crippen LogP contribution in [0.2, 0.25) is 0 Å². The summed E-state index contributed by atoms with van der Waals surface area (Å²) in [6.07, 6.45) is 4.62. The van der Waals surface area contributed by atoms with Crippen molar-refractivity contribution in [3.05, 3.63) is 53.8 Å². The van der Waals surface area contributed by atoms with Crippen LogP contribution in [-0.4, -0.2) is 48.9 Å². The number of carbonyl (C=O) groups is 3. The van der Waals surface area contributed by atoms with Gasteiger partial charge in [0.05, 0.1) is 26.3 Å². The van der Waals surface area contributed by atoms with Crippen LogP contribution in [-0.2, 0) is 19.1 Å². The zero-order valence-electron chi connectivity index (χ0n) is 16.3. The lowest BCUT2D eigenvalue weighted by Gasteiger charge is -2.32. The van der Waals surface area contributed by atoms with Gasteiger partial charge < -0.3 is 20.1 Å². The predicted octanol–water partition coefficient (Wildman–Crippen LogP) is 1.04. The molecule has 8 nitrogen and oxygen atoms in total. The van der Waals surface area contributed by atoms with Gasteiger partial charge in [-0.2, -0.15) is 5.26 Å². The molecular weight excluding hydrogens is 374 g/mol. The second-order valence-electron chi connectivity index (χ2n) is 6.96. The van der Waals surface area contributed by atoms with Gasteiger partial charge in [0.15, 0.2) is 11.2 Å². The number of nitriles is 1. The van der Waals surface area contributed by atoms with Crippen molar-refractivity contribution in [2.24, 2.45) is 11.1 Å². The van der Waals surface area contributed by atoms with Crippen molar-refractivity contribution in [1.29, 1.82) is 5.26 Å². The maximum Gasteiger partial charge on any atom is 0.329 e. The molecule has 0 aromatic heterocycles. The average Bonchev–Trinajstić information content (AvgIpc) is 3.03. The summed E-state index contributed by atoms with van der Waals surface area (Å²) in [6.45, 7) is 1.39. The molecule has 8 heteroatoms. The summed E-state index contributed by atoms with van der Waals surface area (Å²) in [5.74, 6) is -2.04. The molecule has 4 unspecified atom stereocenters. The normalized spacial score (nSPS) is 27.4. The topological polar surface area (TPSA) is 123 Å². The molecule has 2 aliphatic rings. The number of carbonyl (C=O) groups excluding carboxylic acids is 3. The fourth-order valence-corrected chi connectivity index (χ4v) is 4.20. The van der Waals surface area contributed by atoms with Crippen LogP contribution in [0.5, 0.6) is 5.75 Å². The Labute approximate surface area is 168 Å². The van der Waals surface area contributed by atoms with Crippen LogP contribution in [0, 0.1) is 16.7 Å². The monoisotopic (exact) mass is 395 g/mol. The van der Waals surface area contributed by atoms with Crippen molar-refractivity contribution in [3.63, 3.8) is 0 Å². The first kappa shape index (κ1) is 20.1. The Bertz CT molecular complexity index is 960. The maximum atomic E-state index is 12.9. The molecule has 2 aliphatic heterocycles. The fourth-order valence-electron chi connectivity index (χ4n) is 4.20. The third kappa shape index (κ3) is 2.95. The summed E-state index contributed by atoms with van der Waals surface area (Å²) in [5, 5.41) is 10.2. The van der Waals surface area contributed by atoms with E-state index in [0.717, 1.165) is 0 Å². The maximum absolute atomic E-state index is 12.9. The highest BCUT2D eigenvalue weighted by atomic mass is 16.5. The number of ketones is 1. The number of ether oxygens (including phenoxy) is 2. The first-order chi connectivity index (χ1) is 13.8. The van der Waals surface area contributed by atoms with E-state index in [9.17, 15) is 19.6 Å². The molecule has 0 radical (unpaired) electrons. The van der Waals surface area contributed by atoms with E-state index in [-0.39, 0.29) is 5.78 Å². The number of amides is 1. The molecule has 1 fully saturated rings. The van der Waals surface area contributed by atoms with Gasteiger partial charge in [-0.1, -0.05) is 24.3 Å². The SMILES string of the molecule is COC(=O)C1(C#N)C(c2ccc(OC)cc2)C(C(N)=O)N2C=C(C(C)=O)C=CC21. The third-order valence-corrected chi connectivity index (χ3v) is 5.54. The predicted molar refractivity (Wildman–Crippen MR) is 102 cm³/mol. The van der Waals surface area contributed by atoms with Crippen molar-refractivity contribution >= 4 is 17.7 Å². The molecule has 0 aliphatic carbocycles. The molecular formula is C21H21N3O5. The highest BCUT2D eigenvalue weighted by Gasteiger charge is 2.66. The van der Waals surface area contributed by atoms with Crippen molar-refractivity contribution in [2.75, 3.05) is 14.2 Å². The van der Waals surface area contributed by atoms with Gasteiger partial charge >= 0.3 is 5.97 Å². The average molecular weight is 395 g/mol. The summed E-state index contributed by atoms with van der Waals surface area (Å²) in [6, 6.07) is 6.98. The minimum atomic E-state index is -1.74. The Balaban J connectivity index is 2.27. The first-order valence-corrected chi connectivity index (χ1v) is 8.93. The summed E-state index contributed by atoms with van der Waals surface area (Å²) < 4.78 is 10.2. The number of Topliss-reactive ketones (excluding diaryl/α,β-unsaturated/α-hetero) is 1. The number of allylic oxidation sites excluding steroid dienone is 2. The third-order valence-electron chi connectivity index (χ3n) is 5.54. The molecule has 29 heavy (non-hydrogen) atoms. The van der Waals surface area contributed by atoms with Crippen LogP contribution in [0.4, 0.5) is 0 Å².